The molecule has 0 N–H and O–H groups in total. The molecule has 1 unspecified atom stereocenters. The van der Waals surface area contributed by atoms with Crippen molar-refractivity contribution in [3.8, 4) is 0 Å². The first-order valence-corrected chi connectivity index (χ1v) is 7.08. The van der Waals surface area contributed by atoms with Gasteiger partial charge in [-0.15, -0.1) is 11.8 Å². The fraction of sp³-hybridized carbons (Fsp3) is 0.250. The second-order valence-electron chi connectivity index (χ2n) is 4.58. The summed E-state index contributed by atoms with van der Waals surface area (Å²) in [4.78, 5) is 1.49. The van der Waals surface area contributed by atoms with Crippen LogP contribution in [0.5, 0.6) is 0 Å². The lowest BCUT2D eigenvalue weighted by Gasteiger charge is -2.07. The van der Waals surface area contributed by atoms with Crippen LogP contribution in [0.3, 0.4) is 0 Å². The molecule has 0 aliphatic carbocycles. The van der Waals surface area contributed by atoms with Crippen molar-refractivity contribution in [2.45, 2.75) is 29.4 Å². The van der Waals surface area contributed by atoms with Gasteiger partial charge in [-0.25, -0.2) is 0 Å². The number of benzene rings is 2. The minimum absolute atomic E-state index is 0.771. The van der Waals surface area contributed by atoms with Crippen molar-refractivity contribution in [1.82, 2.24) is 0 Å². The molecule has 86 valence electrons. The van der Waals surface area contributed by atoms with Gasteiger partial charge in [-0.1, -0.05) is 48.5 Å². The van der Waals surface area contributed by atoms with Crippen molar-refractivity contribution in [1.29, 1.82) is 0 Å². The van der Waals surface area contributed by atoms with Crippen molar-refractivity contribution in [2.24, 2.45) is 0 Å². The quantitative estimate of drug-likeness (QED) is 0.769. The molecule has 0 fully saturated rings. The fourth-order valence-corrected chi connectivity index (χ4v) is 3.70. The standard InChI is InChI=1S/C16H16S/c1-2-6-13(7-3-1)10-11-15-12-14-8-4-5-9-16(14)17-15/h1-9,15H,10-12H2. The van der Waals surface area contributed by atoms with E-state index in [0.717, 1.165) is 5.25 Å². The van der Waals surface area contributed by atoms with Crippen LogP contribution in [-0.4, -0.2) is 5.25 Å². The maximum Gasteiger partial charge on any atom is 0.0138 e. The highest BCUT2D eigenvalue weighted by Gasteiger charge is 2.21. The van der Waals surface area contributed by atoms with Gasteiger partial charge in [0.15, 0.2) is 0 Å². The number of thioether (sulfide) groups is 1. The van der Waals surface area contributed by atoms with Crippen molar-refractivity contribution in [3.63, 3.8) is 0 Å². The molecule has 17 heavy (non-hydrogen) atoms. The zero-order chi connectivity index (χ0) is 11.5. The second-order valence-corrected chi connectivity index (χ2v) is 5.92. The number of hydrogen-bond donors (Lipinski definition) is 0. The average Bonchev–Trinajstić information content (AvgIpc) is 2.80. The van der Waals surface area contributed by atoms with Crippen LogP contribution in [0.4, 0.5) is 0 Å². The SMILES string of the molecule is c1ccc(CCC2Cc3ccccc3S2)cc1. The van der Waals surface area contributed by atoms with Crippen LogP contribution in [0.1, 0.15) is 17.5 Å². The summed E-state index contributed by atoms with van der Waals surface area (Å²) in [5, 5.41) is 0.771. The van der Waals surface area contributed by atoms with Crippen molar-refractivity contribution < 1.29 is 0 Å². The molecule has 0 bridgehead atoms. The minimum atomic E-state index is 0.771. The largest absolute Gasteiger partial charge is 0.122 e. The Bertz CT molecular complexity index is 465. The van der Waals surface area contributed by atoms with E-state index in [0.29, 0.717) is 0 Å². The summed E-state index contributed by atoms with van der Waals surface area (Å²) in [6.07, 6.45) is 3.73. The van der Waals surface area contributed by atoms with E-state index in [1.54, 1.807) is 0 Å². The van der Waals surface area contributed by atoms with Gasteiger partial charge >= 0.3 is 0 Å². The fourth-order valence-electron chi connectivity index (χ4n) is 2.39. The third-order valence-corrected chi connectivity index (χ3v) is 4.70. The molecule has 1 aliphatic heterocycles. The summed E-state index contributed by atoms with van der Waals surface area (Å²) >= 11 is 2.06. The Morgan fingerprint density at radius 1 is 0.941 bits per heavy atom. The maximum absolute atomic E-state index is 2.27. The molecule has 0 radical (unpaired) electrons. The van der Waals surface area contributed by atoms with Gasteiger partial charge < -0.3 is 0 Å². The van der Waals surface area contributed by atoms with E-state index in [9.17, 15) is 0 Å². The van der Waals surface area contributed by atoms with Crippen LogP contribution in [0, 0.1) is 0 Å². The molecule has 1 atom stereocenters. The lowest BCUT2D eigenvalue weighted by molar-refractivity contribution is 0.763. The van der Waals surface area contributed by atoms with E-state index in [4.69, 9.17) is 0 Å². The van der Waals surface area contributed by atoms with Crippen LogP contribution in [0.2, 0.25) is 0 Å². The average molecular weight is 240 g/mol. The molecule has 3 rings (SSSR count). The third-order valence-electron chi connectivity index (χ3n) is 3.31. The van der Waals surface area contributed by atoms with Gasteiger partial charge in [-0.3, -0.25) is 0 Å². The molecule has 1 heteroatoms. The van der Waals surface area contributed by atoms with Gasteiger partial charge in [-0.05, 0) is 36.5 Å². The monoisotopic (exact) mass is 240 g/mol. The molecule has 1 heterocycles. The Hall–Kier alpha value is -1.21. The molecule has 1 aliphatic rings. The molecule has 2 aromatic carbocycles. The van der Waals surface area contributed by atoms with Gasteiger partial charge in [0.05, 0.1) is 0 Å². The van der Waals surface area contributed by atoms with E-state index in [1.807, 2.05) is 0 Å². The van der Waals surface area contributed by atoms with Crippen molar-refractivity contribution in [2.75, 3.05) is 0 Å². The Balaban J connectivity index is 1.59. The van der Waals surface area contributed by atoms with Gasteiger partial charge in [0, 0.05) is 10.1 Å². The van der Waals surface area contributed by atoms with Crippen LogP contribution in [-0.2, 0) is 12.8 Å². The van der Waals surface area contributed by atoms with E-state index in [-0.39, 0.29) is 0 Å². The first-order chi connectivity index (χ1) is 8.42. The summed E-state index contributed by atoms with van der Waals surface area (Å²) in [5.74, 6) is 0. The highest BCUT2D eigenvalue weighted by atomic mass is 32.2. The molecule has 0 amide bonds. The third kappa shape index (κ3) is 2.55. The Morgan fingerprint density at radius 2 is 1.71 bits per heavy atom. The van der Waals surface area contributed by atoms with Crippen LogP contribution in [0.15, 0.2) is 59.5 Å². The summed E-state index contributed by atoms with van der Waals surface area (Å²) in [5.41, 5.74) is 3.00. The summed E-state index contributed by atoms with van der Waals surface area (Å²) in [6.45, 7) is 0. The van der Waals surface area contributed by atoms with E-state index in [2.05, 4.69) is 66.4 Å². The molecule has 0 spiro atoms. The summed E-state index contributed by atoms with van der Waals surface area (Å²) in [7, 11) is 0. The van der Waals surface area contributed by atoms with E-state index < -0.39 is 0 Å². The molecular weight excluding hydrogens is 224 g/mol. The van der Waals surface area contributed by atoms with Gasteiger partial charge in [0.1, 0.15) is 0 Å². The zero-order valence-electron chi connectivity index (χ0n) is 9.80. The normalized spacial score (nSPS) is 18.0. The first-order valence-electron chi connectivity index (χ1n) is 6.20. The number of aryl methyl sites for hydroxylation is 1. The second kappa shape index (κ2) is 4.97. The molecule has 0 aromatic heterocycles. The molecule has 2 aromatic rings. The lowest BCUT2D eigenvalue weighted by atomic mass is 10.0. The van der Waals surface area contributed by atoms with Crippen molar-refractivity contribution in [3.05, 3.63) is 65.7 Å². The molecule has 0 saturated heterocycles. The number of hydrogen-bond acceptors (Lipinski definition) is 1. The van der Waals surface area contributed by atoms with Crippen LogP contribution in [0.25, 0.3) is 0 Å². The number of fused-ring (bicyclic) bond motifs is 1. The molecular formula is C16H16S. The van der Waals surface area contributed by atoms with Crippen molar-refractivity contribution >= 4 is 11.8 Å². The minimum Gasteiger partial charge on any atom is -0.122 e. The Labute approximate surface area is 107 Å². The molecule has 0 saturated carbocycles. The molecule has 0 nitrogen and oxygen atoms in total. The van der Waals surface area contributed by atoms with Gasteiger partial charge in [0.25, 0.3) is 0 Å². The topological polar surface area (TPSA) is 0 Å². The predicted molar refractivity (Wildman–Crippen MR) is 74.6 cm³/mol. The Morgan fingerprint density at radius 3 is 2.53 bits per heavy atom. The summed E-state index contributed by atoms with van der Waals surface area (Å²) in [6, 6.07) is 19.6. The van der Waals surface area contributed by atoms with Crippen LogP contribution >= 0.6 is 11.8 Å². The zero-order valence-corrected chi connectivity index (χ0v) is 10.6. The first kappa shape index (κ1) is 10.9. The van der Waals surface area contributed by atoms with Gasteiger partial charge in [0.2, 0.25) is 0 Å². The van der Waals surface area contributed by atoms with E-state index >= 15 is 0 Å². The van der Waals surface area contributed by atoms with Gasteiger partial charge in [-0.2, -0.15) is 0 Å². The van der Waals surface area contributed by atoms with Crippen LogP contribution < -0.4 is 0 Å². The highest BCUT2D eigenvalue weighted by Crippen LogP contribution is 2.38. The maximum atomic E-state index is 2.27. The predicted octanol–water partition coefficient (Wildman–Crippen LogP) is 4.34. The summed E-state index contributed by atoms with van der Waals surface area (Å²) < 4.78 is 0. The Kier molecular flexibility index (Phi) is 3.19. The number of rotatable bonds is 3. The highest BCUT2D eigenvalue weighted by molar-refractivity contribution is 8.00. The van der Waals surface area contributed by atoms with E-state index in [1.165, 1.54) is 35.3 Å². The lowest BCUT2D eigenvalue weighted by Crippen LogP contribution is -2.02. The smallest absolute Gasteiger partial charge is 0.0138 e.